The first-order valence-electron chi connectivity index (χ1n) is 3.97. The molecule has 0 aliphatic rings. The summed E-state index contributed by atoms with van der Waals surface area (Å²) in [7, 11) is 0. The third-order valence-electron chi connectivity index (χ3n) is 1.41. The van der Waals surface area contributed by atoms with Gasteiger partial charge in [-0.2, -0.15) is 12.6 Å². The minimum atomic E-state index is -0.282. The van der Waals surface area contributed by atoms with Crippen LogP contribution in [-0.2, 0) is 0 Å². The molecule has 0 amide bonds. The zero-order valence-electron chi connectivity index (χ0n) is 7.11. The number of halogens is 1. The van der Waals surface area contributed by atoms with Crippen molar-refractivity contribution >= 4 is 12.6 Å². The Bertz CT molecular complexity index is 286. The molecular formula is C10H11FOS. The van der Waals surface area contributed by atoms with E-state index in [4.69, 9.17) is 4.74 Å². The van der Waals surface area contributed by atoms with Crippen LogP contribution >= 0.6 is 12.6 Å². The van der Waals surface area contributed by atoms with Gasteiger partial charge in [0.25, 0.3) is 0 Å². The van der Waals surface area contributed by atoms with Gasteiger partial charge in [-0.15, -0.1) is 0 Å². The van der Waals surface area contributed by atoms with Gasteiger partial charge in [0.1, 0.15) is 18.2 Å². The lowest BCUT2D eigenvalue weighted by atomic mass is 10.3. The van der Waals surface area contributed by atoms with Crippen LogP contribution < -0.4 is 4.74 Å². The van der Waals surface area contributed by atoms with Gasteiger partial charge in [0.2, 0.25) is 0 Å². The van der Waals surface area contributed by atoms with E-state index < -0.39 is 0 Å². The van der Waals surface area contributed by atoms with E-state index in [2.05, 4.69) is 12.6 Å². The molecule has 1 rings (SSSR count). The minimum absolute atomic E-state index is 0.282. The van der Waals surface area contributed by atoms with Gasteiger partial charge in [0.05, 0.1) is 0 Å². The number of rotatable bonds is 4. The van der Waals surface area contributed by atoms with E-state index in [1.165, 1.54) is 12.1 Å². The highest BCUT2D eigenvalue weighted by molar-refractivity contribution is 7.80. The van der Waals surface area contributed by atoms with Gasteiger partial charge in [-0.05, 0) is 12.1 Å². The minimum Gasteiger partial charge on any atom is -0.489 e. The van der Waals surface area contributed by atoms with Gasteiger partial charge in [0.15, 0.2) is 0 Å². The van der Waals surface area contributed by atoms with E-state index in [0.29, 0.717) is 18.1 Å². The molecule has 0 fully saturated rings. The summed E-state index contributed by atoms with van der Waals surface area (Å²) in [4.78, 5) is 0. The van der Waals surface area contributed by atoms with Crippen LogP contribution in [0.5, 0.6) is 5.75 Å². The fourth-order valence-corrected chi connectivity index (χ4v) is 0.993. The second-order valence-corrected chi connectivity index (χ2v) is 2.79. The summed E-state index contributed by atoms with van der Waals surface area (Å²) in [5.74, 6) is 0.950. The number of thiol groups is 1. The topological polar surface area (TPSA) is 9.23 Å². The summed E-state index contributed by atoms with van der Waals surface area (Å²) in [6.45, 7) is 0.448. The monoisotopic (exact) mass is 198 g/mol. The maximum absolute atomic E-state index is 12.6. The van der Waals surface area contributed by atoms with Gasteiger partial charge < -0.3 is 4.74 Å². The summed E-state index contributed by atoms with van der Waals surface area (Å²) >= 11 is 3.99. The Morgan fingerprint density at radius 2 is 2.23 bits per heavy atom. The first kappa shape index (κ1) is 10.1. The predicted molar refractivity (Wildman–Crippen MR) is 54.9 cm³/mol. The van der Waals surface area contributed by atoms with Crippen LogP contribution in [0.3, 0.4) is 0 Å². The molecule has 0 heterocycles. The van der Waals surface area contributed by atoms with Crippen molar-refractivity contribution in [2.75, 3.05) is 12.4 Å². The van der Waals surface area contributed by atoms with E-state index in [0.717, 1.165) is 0 Å². The molecule has 0 aliphatic carbocycles. The highest BCUT2D eigenvalue weighted by Gasteiger charge is 1.92. The molecule has 1 aromatic rings. The molecule has 1 aromatic carbocycles. The smallest absolute Gasteiger partial charge is 0.126 e. The molecule has 0 N–H and O–H groups in total. The molecule has 13 heavy (non-hydrogen) atoms. The van der Waals surface area contributed by atoms with Crippen LogP contribution in [0, 0.1) is 5.82 Å². The summed E-state index contributed by atoms with van der Waals surface area (Å²) in [6.07, 6.45) is 3.72. The van der Waals surface area contributed by atoms with E-state index in [1.807, 2.05) is 12.2 Å². The molecule has 3 heteroatoms. The molecular weight excluding hydrogens is 187 g/mol. The Balaban J connectivity index is 2.41. The SMILES string of the molecule is Fc1cccc(OCC=CCS)c1. The lowest BCUT2D eigenvalue weighted by Crippen LogP contribution is -1.93. The van der Waals surface area contributed by atoms with E-state index >= 15 is 0 Å². The second kappa shape index (κ2) is 5.65. The van der Waals surface area contributed by atoms with Crippen LogP contribution in [0.2, 0.25) is 0 Å². The summed E-state index contributed by atoms with van der Waals surface area (Å²) in [6, 6.07) is 6.08. The molecule has 1 nitrogen and oxygen atoms in total. The Hall–Kier alpha value is -0.960. The third kappa shape index (κ3) is 3.99. The van der Waals surface area contributed by atoms with Gasteiger partial charge >= 0.3 is 0 Å². The van der Waals surface area contributed by atoms with Crippen molar-refractivity contribution in [3.05, 3.63) is 42.2 Å². The molecule has 0 aromatic heterocycles. The van der Waals surface area contributed by atoms with Crippen molar-refractivity contribution in [3.63, 3.8) is 0 Å². The van der Waals surface area contributed by atoms with Crippen LogP contribution in [0.1, 0.15) is 0 Å². The fourth-order valence-electron chi connectivity index (χ4n) is 0.844. The molecule has 0 bridgehead atoms. The quantitative estimate of drug-likeness (QED) is 0.578. The van der Waals surface area contributed by atoms with Crippen LogP contribution in [0.25, 0.3) is 0 Å². The average molecular weight is 198 g/mol. The van der Waals surface area contributed by atoms with E-state index in [9.17, 15) is 4.39 Å². The Morgan fingerprint density at radius 3 is 2.92 bits per heavy atom. The van der Waals surface area contributed by atoms with Crippen LogP contribution in [0.15, 0.2) is 36.4 Å². The fraction of sp³-hybridized carbons (Fsp3) is 0.200. The molecule has 0 saturated carbocycles. The van der Waals surface area contributed by atoms with Crippen molar-refractivity contribution in [1.29, 1.82) is 0 Å². The maximum Gasteiger partial charge on any atom is 0.126 e. The predicted octanol–water partition coefficient (Wildman–Crippen LogP) is 2.69. The normalized spacial score (nSPS) is 10.6. The number of hydrogen-bond donors (Lipinski definition) is 1. The third-order valence-corrected chi connectivity index (χ3v) is 1.63. The lowest BCUT2D eigenvalue weighted by Gasteiger charge is -2.01. The molecule has 0 saturated heterocycles. The van der Waals surface area contributed by atoms with Crippen molar-refractivity contribution < 1.29 is 9.13 Å². The zero-order chi connectivity index (χ0) is 9.52. The highest BCUT2D eigenvalue weighted by atomic mass is 32.1. The van der Waals surface area contributed by atoms with Crippen LogP contribution in [0.4, 0.5) is 4.39 Å². The van der Waals surface area contributed by atoms with Gasteiger partial charge in [-0.25, -0.2) is 4.39 Å². The molecule has 0 spiro atoms. The highest BCUT2D eigenvalue weighted by Crippen LogP contribution is 2.11. The molecule has 70 valence electrons. The van der Waals surface area contributed by atoms with E-state index in [1.54, 1.807) is 12.1 Å². The lowest BCUT2D eigenvalue weighted by molar-refractivity contribution is 0.360. The van der Waals surface area contributed by atoms with E-state index in [-0.39, 0.29) is 5.82 Å². The Kier molecular flexibility index (Phi) is 4.40. The standard InChI is InChI=1S/C10H11FOS/c11-9-4-3-5-10(8-9)12-6-1-2-7-13/h1-5,8,13H,6-7H2. The average Bonchev–Trinajstić information content (AvgIpc) is 2.13. The summed E-state index contributed by atoms with van der Waals surface area (Å²) in [5, 5.41) is 0. The van der Waals surface area contributed by atoms with Gasteiger partial charge in [-0.1, -0.05) is 18.2 Å². The molecule has 0 aliphatic heterocycles. The Morgan fingerprint density at radius 1 is 1.38 bits per heavy atom. The van der Waals surface area contributed by atoms with Gasteiger partial charge in [-0.3, -0.25) is 0 Å². The number of benzene rings is 1. The molecule has 0 atom stereocenters. The van der Waals surface area contributed by atoms with Gasteiger partial charge in [0, 0.05) is 11.8 Å². The number of ether oxygens (including phenoxy) is 1. The maximum atomic E-state index is 12.6. The first-order chi connectivity index (χ1) is 6.33. The molecule has 0 radical (unpaired) electrons. The van der Waals surface area contributed by atoms with Crippen molar-refractivity contribution in [2.45, 2.75) is 0 Å². The number of hydrogen-bond acceptors (Lipinski definition) is 2. The summed E-state index contributed by atoms with van der Waals surface area (Å²) < 4.78 is 17.9. The van der Waals surface area contributed by atoms with Crippen molar-refractivity contribution in [1.82, 2.24) is 0 Å². The first-order valence-corrected chi connectivity index (χ1v) is 4.60. The Labute approximate surface area is 82.6 Å². The van der Waals surface area contributed by atoms with Crippen molar-refractivity contribution in [2.24, 2.45) is 0 Å². The zero-order valence-corrected chi connectivity index (χ0v) is 8.01. The molecule has 0 unspecified atom stereocenters. The van der Waals surface area contributed by atoms with Crippen molar-refractivity contribution in [3.8, 4) is 5.75 Å². The second-order valence-electron chi connectivity index (χ2n) is 2.42. The largest absolute Gasteiger partial charge is 0.489 e. The summed E-state index contributed by atoms with van der Waals surface area (Å²) in [5.41, 5.74) is 0. The van der Waals surface area contributed by atoms with Crippen LogP contribution in [-0.4, -0.2) is 12.4 Å².